The van der Waals surface area contributed by atoms with E-state index in [9.17, 15) is 22.2 Å². The summed E-state index contributed by atoms with van der Waals surface area (Å²) in [6.07, 6.45) is -5.99. The molecular formula is C8H15F3N2O3S. The molecule has 0 aromatic carbocycles. The van der Waals surface area contributed by atoms with E-state index in [0.717, 1.165) is 0 Å². The maximum atomic E-state index is 11.8. The largest absolute Gasteiger partial charge is 0.480 e. The summed E-state index contributed by atoms with van der Waals surface area (Å²) in [4.78, 5) is 10.3. The van der Waals surface area contributed by atoms with Gasteiger partial charge in [-0.1, -0.05) is 0 Å². The highest BCUT2D eigenvalue weighted by atomic mass is 32.2. The lowest BCUT2D eigenvalue weighted by Crippen LogP contribution is -2.32. The van der Waals surface area contributed by atoms with Crippen LogP contribution in [0.15, 0.2) is 0 Å². The van der Waals surface area contributed by atoms with Gasteiger partial charge in [0.05, 0.1) is 0 Å². The van der Waals surface area contributed by atoms with Crippen molar-refractivity contribution in [1.82, 2.24) is 0 Å². The maximum Gasteiger partial charge on any atom is 0.389 e. The third kappa shape index (κ3) is 8.93. The fraction of sp³-hybridized carbons (Fsp3) is 0.875. The number of carbonyl (C=O) groups is 1. The summed E-state index contributed by atoms with van der Waals surface area (Å²) in [5.74, 6) is -1.97. The van der Waals surface area contributed by atoms with Crippen LogP contribution >= 0.6 is 0 Å². The summed E-state index contributed by atoms with van der Waals surface area (Å²) in [6, 6.07) is -1.23. The Balaban J connectivity index is 4.01. The molecule has 2 unspecified atom stereocenters. The van der Waals surface area contributed by atoms with Crippen molar-refractivity contribution in [2.75, 3.05) is 11.5 Å². The quantitative estimate of drug-likeness (QED) is 0.649. The Morgan fingerprint density at radius 3 is 2.35 bits per heavy atom. The van der Waals surface area contributed by atoms with E-state index in [-0.39, 0.29) is 12.2 Å². The van der Waals surface area contributed by atoms with Crippen LogP contribution in [0.3, 0.4) is 0 Å². The van der Waals surface area contributed by atoms with E-state index in [1.807, 2.05) is 0 Å². The lowest BCUT2D eigenvalue weighted by atomic mass is 10.2. The van der Waals surface area contributed by atoms with Crippen LogP contribution in [-0.2, 0) is 14.5 Å². The highest BCUT2D eigenvalue weighted by Crippen LogP contribution is 2.21. The topological polar surface area (TPSA) is 104 Å². The van der Waals surface area contributed by atoms with Gasteiger partial charge in [0.2, 0.25) is 0 Å². The Hall–Kier alpha value is -0.830. The van der Waals surface area contributed by atoms with Crippen molar-refractivity contribution < 1.29 is 27.3 Å². The summed E-state index contributed by atoms with van der Waals surface area (Å²) in [7, 11) is -3.18. The Morgan fingerprint density at radius 2 is 1.94 bits per heavy atom. The summed E-state index contributed by atoms with van der Waals surface area (Å²) < 4.78 is 54.1. The van der Waals surface area contributed by atoms with Gasteiger partial charge in [-0.15, -0.1) is 0 Å². The maximum absolute atomic E-state index is 11.8. The predicted octanol–water partition coefficient (Wildman–Crippen LogP) is 1.18. The number of rotatable bonds is 7. The Morgan fingerprint density at radius 1 is 1.41 bits per heavy atom. The van der Waals surface area contributed by atoms with Gasteiger partial charge in [0.15, 0.2) is 0 Å². The third-order valence-corrected chi connectivity index (χ3v) is 3.85. The minimum absolute atomic E-state index is 0.177. The van der Waals surface area contributed by atoms with Crippen LogP contribution < -0.4 is 5.73 Å². The molecule has 0 heterocycles. The first-order chi connectivity index (χ1) is 7.53. The monoisotopic (exact) mass is 276 g/mol. The number of hydrogen-bond donors (Lipinski definition) is 3. The molecule has 9 heteroatoms. The van der Waals surface area contributed by atoms with Gasteiger partial charge in [0.25, 0.3) is 0 Å². The van der Waals surface area contributed by atoms with E-state index in [2.05, 4.69) is 0 Å². The summed E-state index contributed by atoms with van der Waals surface area (Å²) in [6.45, 7) is 0. The molecule has 0 saturated carbocycles. The molecular weight excluding hydrogens is 261 g/mol. The van der Waals surface area contributed by atoms with Gasteiger partial charge in [-0.05, 0) is 12.8 Å². The van der Waals surface area contributed by atoms with Crippen LogP contribution in [0.5, 0.6) is 0 Å². The first-order valence-corrected chi connectivity index (χ1v) is 6.72. The number of carboxylic acids is 1. The fourth-order valence-corrected chi connectivity index (χ4v) is 2.50. The fourth-order valence-electron chi connectivity index (χ4n) is 1.05. The van der Waals surface area contributed by atoms with Crippen molar-refractivity contribution >= 4 is 15.7 Å². The van der Waals surface area contributed by atoms with Crippen LogP contribution in [0, 0.1) is 4.78 Å². The lowest BCUT2D eigenvalue weighted by Gasteiger charge is -2.10. The molecule has 0 rings (SSSR count). The molecule has 0 aliphatic rings. The van der Waals surface area contributed by atoms with Crippen molar-refractivity contribution in [2.45, 2.75) is 31.5 Å². The second kappa shape index (κ2) is 6.20. The van der Waals surface area contributed by atoms with Crippen molar-refractivity contribution in [2.24, 2.45) is 5.73 Å². The van der Waals surface area contributed by atoms with Crippen LogP contribution in [0.2, 0.25) is 0 Å². The minimum Gasteiger partial charge on any atom is -0.480 e. The van der Waals surface area contributed by atoms with E-state index in [0.29, 0.717) is 0 Å². The molecule has 0 aliphatic heterocycles. The molecule has 102 valence electrons. The molecule has 0 bridgehead atoms. The van der Waals surface area contributed by atoms with Crippen molar-refractivity contribution in [3.63, 3.8) is 0 Å². The standard InChI is InChI=1S/C8H15F3N2O3S/c9-8(10,11)3-1-4-17(13,16)5-2-6(12)7(14)15/h6,13H,1-5,12H2,(H,14,15). The summed E-state index contributed by atoms with van der Waals surface area (Å²) >= 11 is 0. The zero-order valence-corrected chi connectivity index (χ0v) is 9.81. The molecule has 0 aromatic heterocycles. The molecule has 0 amide bonds. The lowest BCUT2D eigenvalue weighted by molar-refractivity contribution is -0.138. The van der Waals surface area contributed by atoms with Gasteiger partial charge in [0, 0.05) is 27.7 Å². The molecule has 0 radical (unpaired) electrons. The SMILES string of the molecule is N=S(=O)(CCCC(F)(F)F)CCC(N)C(=O)O. The first kappa shape index (κ1) is 16.2. The number of nitrogens with two attached hydrogens (primary N) is 1. The van der Waals surface area contributed by atoms with Gasteiger partial charge in [-0.25, -0.2) is 4.21 Å². The molecule has 5 nitrogen and oxygen atoms in total. The molecule has 0 aliphatic carbocycles. The van der Waals surface area contributed by atoms with Crippen LogP contribution in [0.25, 0.3) is 0 Å². The molecule has 0 spiro atoms. The van der Waals surface area contributed by atoms with Crippen molar-refractivity contribution in [1.29, 1.82) is 4.78 Å². The number of hydrogen-bond acceptors (Lipinski definition) is 4. The first-order valence-electron chi connectivity index (χ1n) is 4.83. The smallest absolute Gasteiger partial charge is 0.389 e. The summed E-state index contributed by atoms with van der Waals surface area (Å²) in [5, 5.41) is 8.43. The average molecular weight is 276 g/mol. The van der Waals surface area contributed by atoms with Crippen molar-refractivity contribution in [3.05, 3.63) is 0 Å². The van der Waals surface area contributed by atoms with E-state index in [1.54, 1.807) is 0 Å². The Bertz CT molecular complexity index is 354. The van der Waals surface area contributed by atoms with E-state index in [1.165, 1.54) is 0 Å². The van der Waals surface area contributed by atoms with Crippen molar-refractivity contribution in [3.8, 4) is 0 Å². The number of carboxylic acid groups (broad SMARTS) is 1. The molecule has 4 N–H and O–H groups in total. The molecule has 0 saturated heterocycles. The van der Waals surface area contributed by atoms with Gasteiger partial charge >= 0.3 is 12.1 Å². The molecule has 0 fully saturated rings. The summed E-state index contributed by atoms with van der Waals surface area (Å²) in [5.41, 5.74) is 5.13. The number of alkyl halides is 3. The highest BCUT2D eigenvalue weighted by molar-refractivity contribution is 7.92. The zero-order valence-electron chi connectivity index (χ0n) is 9.00. The molecule has 0 aromatic rings. The second-order valence-electron chi connectivity index (χ2n) is 3.67. The minimum atomic E-state index is -4.33. The highest BCUT2D eigenvalue weighted by Gasteiger charge is 2.27. The molecule has 17 heavy (non-hydrogen) atoms. The van der Waals surface area contributed by atoms with Crippen LogP contribution in [-0.4, -0.2) is 39.0 Å². The van der Waals surface area contributed by atoms with Crippen LogP contribution in [0.1, 0.15) is 19.3 Å². The van der Waals surface area contributed by atoms with E-state index < -0.39 is 46.5 Å². The second-order valence-corrected chi connectivity index (χ2v) is 6.11. The number of halogens is 3. The van der Waals surface area contributed by atoms with Gasteiger partial charge in [-0.3, -0.25) is 9.57 Å². The molecule has 2 atom stereocenters. The Kier molecular flexibility index (Phi) is 5.89. The number of aliphatic carboxylic acids is 1. The number of nitrogens with one attached hydrogen (secondary N) is 1. The third-order valence-electron chi connectivity index (χ3n) is 2.01. The predicted molar refractivity (Wildman–Crippen MR) is 56.1 cm³/mol. The van der Waals surface area contributed by atoms with Crippen LogP contribution in [0.4, 0.5) is 13.2 Å². The Labute approximate surface area is 97.2 Å². The van der Waals surface area contributed by atoms with E-state index in [4.69, 9.17) is 15.6 Å². The average Bonchev–Trinajstić information content (AvgIpc) is 2.11. The van der Waals surface area contributed by atoms with Gasteiger partial charge in [0.1, 0.15) is 6.04 Å². The van der Waals surface area contributed by atoms with Gasteiger partial charge < -0.3 is 10.8 Å². The van der Waals surface area contributed by atoms with E-state index >= 15 is 0 Å². The zero-order chi connectivity index (χ0) is 13.7. The van der Waals surface area contributed by atoms with Gasteiger partial charge in [-0.2, -0.15) is 13.2 Å². The normalized spacial score (nSPS) is 17.4.